The van der Waals surface area contributed by atoms with Crippen molar-refractivity contribution in [3.05, 3.63) is 56.8 Å². The van der Waals surface area contributed by atoms with Crippen LogP contribution >= 0.6 is 27.5 Å². The predicted octanol–water partition coefficient (Wildman–Crippen LogP) is 4.06. The van der Waals surface area contributed by atoms with Crippen molar-refractivity contribution in [1.82, 2.24) is 0 Å². The molecule has 0 aromatic heterocycles. The summed E-state index contributed by atoms with van der Waals surface area (Å²) in [6.45, 7) is 1.01. The van der Waals surface area contributed by atoms with Crippen molar-refractivity contribution in [2.24, 2.45) is 5.73 Å². The van der Waals surface area contributed by atoms with Crippen molar-refractivity contribution in [3.8, 4) is 11.5 Å². The van der Waals surface area contributed by atoms with Gasteiger partial charge in [0.05, 0.1) is 11.1 Å². The molecule has 0 bridgehead atoms. The Morgan fingerprint density at radius 3 is 2.62 bits per heavy atom. The molecule has 3 rings (SSSR count). The van der Waals surface area contributed by atoms with E-state index in [0.29, 0.717) is 39.8 Å². The normalized spacial score (nSPS) is 14.9. The summed E-state index contributed by atoms with van der Waals surface area (Å²) in [5.41, 5.74) is 7.23. The van der Waals surface area contributed by atoms with Crippen molar-refractivity contribution < 1.29 is 13.9 Å². The van der Waals surface area contributed by atoms with Gasteiger partial charge in [0, 0.05) is 10.0 Å². The van der Waals surface area contributed by atoms with E-state index in [1.165, 1.54) is 12.1 Å². The van der Waals surface area contributed by atoms with E-state index < -0.39 is 11.9 Å². The fourth-order valence-electron chi connectivity index (χ4n) is 2.21. The lowest BCUT2D eigenvalue weighted by atomic mass is 9.98. The molecule has 1 atom stereocenters. The Morgan fingerprint density at radius 1 is 1.14 bits per heavy atom. The third kappa shape index (κ3) is 2.86. The molecule has 0 aliphatic carbocycles. The largest absolute Gasteiger partial charge is 0.486 e. The highest BCUT2D eigenvalue weighted by atomic mass is 79.9. The van der Waals surface area contributed by atoms with Crippen LogP contribution in [-0.4, -0.2) is 13.2 Å². The molecule has 0 saturated carbocycles. The standard InChI is InChI=1S/C15H12BrClFNO2/c16-10-7-12(18)9(6-11(10)17)15(19)8-1-2-13-14(5-8)21-4-3-20-13/h1-2,5-7,15H,3-4,19H2. The second-order valence-electron chi connectivity index (χ2n) is 4.67. The summed E-state index contributed by atoms with van der Waals surface area (Å²) in [5.74, 6) is 0.887. The molecule has 0 fully saturated rings. The van der Waals surface area contributed by atoms with Crippen LogP contribution in [0.15, 0.2) is 34.8 Å². The molecule has 2 aromatic carbocycles. The third-order valence-corrected chi connectivity index (χ3v) is 4.50. The van der Waals surface area contributed by atoms with E-state index in [0.717, 1.165) is 5.56 Å². The van der Waals surface area contributed by atoms with Gasteiger partial charge in [0.15, 0.2) is 11.5 Å². The smallest absolute Gasteiger partial charge is 0.161 e. The molecule has 1 heterocycles. The molecule has 0 radical (unpaired) electrons. The minimum absolute atomic E-state index is 0.333. The molecule has 0 spiro atoms. The van der Waals surface area contributed by atoms with Crippen LogP contribution in [0, 0.1) is 5.82 Å². The van der Waals surface area contributed by atoms with Crippen LogP contribution in [-0.2, 0) is 0 Å². The van der Waals surface area contributed by atoms with Crippen molar-refractivity contribution >= 4 is 27.5 Å². The molecule has 2 N–H and O–H groups in total. The van der Waals surface area contributed by atoms with Crippen molar-refractivity contribution in [2.75, 3.05) is 13.2 Å². The van der Waals surface area contributed by atoms with Gasteiger partial charge in [0.2, 0.25) is 0 Å². The molecule has 6 heteroatoms. The summed E-state index contributed by atoms with van der Waals surface area (Å²) >= 11 is 9.20. The first kappa shape index (κ1) is 14.6. The zero-order valence-corrected chi connectivity index (χ0v) is 13.2. The Bertz CT molecular complexity index is 696. The van der Waals surface area contributed by atoms with Gasteiger partial charge in [-0.05, 0) is 45.8 Å². The van der Waals surface area contributed by atoms with Gasteiger partial charge in [-0.3, -0.25) is 0 Å². The zero-order chi connectivity index (χ0) is 15.0. The average molecular weight is 373 g/mol. The molecule has 2 aromatic rings. The average Bonchev–Trinajstić information content (AvgIpc) is 2.50. The van der Waals surface area contributed by atoms with E-state index >= 15 is 0 Å². The quantitative estimate of drug-likeness (QED) is 0.809. The Labute approximate surface area is 134 Å². The first-order chi connectivity index (χ1) is 10.1. The lowest BCUT2D eigenvalue weighted by Crippen LogP contribution is -2.17. The van der Waals surface area contributed by atoms with Crippen LogP contribution in [0.2, 0.25) is 5.02 Å². The summed E-state index contributed by atoms with van der Waals surface area (Å²) in [6, 6.07) is 7.56. The summed E-state index contributed by atoms with van der Waals surface area (Å²) in [5, 5.41) is 0.416. The molecule has 1 unspecified atom stereocenters. The van der Waals surface area contributed by atoms with E-state index in [-0.39, 0.29) is 0 Å². The minimum atomic E-state index is -0.633. The Kier molecular flexibility index (Phi) is 4.06. The Hall–Kier alpha value is -1.30. The van der Waals surface area contributed by atoms with E-state index in [4.69, 9.17) is 26.8 Å². The van der Waals surface area contributed by atoms with Crippen LogP contribution in [0.25, 0.3) is 0 Å². The second-order valence-corrected chi connectivity index (χ2v) is 5.93. The summed E-state index contributed by atoms with van der Waals surface area (Å²) < 4.78 is 25.6. The van der Waals surface area contributed by atoms with Crippen LogP contribution in [0.4, 0.5) is 4.39 Å². The van der Waals surface area contributed by atoms with E-state index in [1.807, 2.05) is 0 Å². The number of halogens is 3. The number of ether oxygens (including phenoxy) is 2. The Balaban J connectivity index is 1.98. The highest BCUT2D eigenvalue weighted by Crippen LogP contribution is 2.35. The van der Waals surface area contributed by atoms with Gasteiger partial charge < -0.3 is 15.2 Å². The van der Waals surface area contributed by atoms with Gasteiger partial charge in [0.25, 0.3) is 0 Å². The van der Waals surface area contributed by atoms with Crippen LogP contribution in [0.1, 0.15) is 17.2 Å². The predicted molar refractivity (Wildman–Crippen MR) is 82.6 cm³/mol. The van der Waals surface area contributed by atoms with Crippen molar-refractivity contribution in [1.29, 1.82) is 0 Å². The van der Waals surface area contributed by atoms with Gasteiger partial charge in [-0.2, -0.15) is 0 Å². The summed E-state index contributed by atoms with van der Waals surface area (Å²) in [7, 11) is 0. The SMILES string of the molecule is NC(c1ccc2c(c1)OCCO2)c1cc(Cl)c(Br)cc1F. The maximum Gasteiger partial charge on any atom is 0.161 e. The monoisotopic (exact) mass is 371 g/mol. The van der Waals surface area contributed by atoms with E-state index in [2.05, 4.69) is 15.9 Å². The molecule has 21 heavy (non-hydrogen) atoms. The first-order valence-corrected chi connectivity index (χ1v) is 7.53. The van der Waals surface area contributed by atoms with Crippen LogP contribution in [0.5, 0.6) is 11.5 Å². The lowest BCUT2D eigenvalue weighted by molar-refractivity contribution is 0.171. The number of rotatable bonds is 2. The molecule has 3 nitrogen and oxygen atoms in total. The molecule has 1 aliphatic heterocycles. The number of hydrogen-bond donors (Lipinski definition) is 1. The van der Waals surface area contributed by atoms with E-state index in [1.54, 1.807) is 18.2 Å². The topological polar surface area (TPSA) is 44.5 Å². The van der Waals surface area contributed by atoms with Gasteiger partial charge in [-0.15, -0.1) is 0 Å². The highest BCUT2D eigenvalue weighted by Gasteiger charge is 2.19. The van der Waals surface area contributed by atoms with Gasteiger partial charge >= 0.3 is 0 Å². The lowest BCUT2D eigenvalue weighted by Gasteiger charge is -2.21. The molecule has 0 amide bonds. The van der Waals surface area contributed by atoms with Gasteiger partial charge in [0.1, 0.15) is 19.0 Å². The summed E-state index contributed by atoms with van der Waals surface area (Å²) in [4.78, 5) is 0. The maximum absolute atomic E-state index is 14.1. The molecular formula is C15H12BrClFNO2. The van der Waals surface area contributed by atoms with Crippen molar-refractivity contribution in [3.63, 3.8) is 0 Å². The fraction of sp³-hybridized carbons (Fsp3) is 0.200. The molecule has 0 saturated heterocycles. The van der Waals surface area contributed by atoms with Crippen LogP contribution in [0.3, 0.4) is 0 Å². The minimum Gasteiger partial charge on any atom is -0.486 e. The molecule has 110 valence electrons. The van der Waals surface area contributed by atoms with Gasteiger partial charge in [-0.1, -0.05) is 17.7 Å². The van der Waals surface area contributed by atoms with Crippen molar-refractivity contribution in [2.45, 2.75) is 6.04 Å². The van der Waals surface area contributed by atoms with Gasteiger partial charge in [-0.25, -0.2) is 4.39 Å². The number of hydrogen-bond acceptors (Lipinski definition) is 3. The molecule has 1 aliphatic rings. The maximum atomic E-state index is 14.1. The zero-order valence-electron chi connectivity index (χ0n) is 10.9. The fourth-order valence-corrected chi connectivity index (χ4v) is 2.70. The summed E-state index contributed by atoms with van der Waals surface area (Å²) in [6.07, 6.45) is 0. The number of benzene rings is 2. The highest BCUT2D eigenvalue weighted by molar-refractivity contribution is 9.10. The number of nitrogens with two attached hydrogens (primary N) is 1. The van der Waals surface area contributed by atoms with E-state index in [9.17, 15) is 4.39 Å². The Morgan fingerprint density at radius 2 is 1.86 bits per heavy atom. The molecular weight excluding hydrogens is 361 g/mol. The third-order valence-electron chi connectivity index (χ3n) is 3.30. The van der Waals surface area contributed by atoms with Crippen LogP contribution < -0.4 is 15.2 Å². The first-order valence-electron chi connectivity index (χ1n) is 6.36. The second kappa shape index (κ2) is 5.83. The number of fused-ring (bicyclic) bond motifs is 1.